The van der Waals surface area contributed by atoms with Crippen LogP contribution in [0.5, 0.6) is 0 Å². The Balaban J connectivity index is 4.06. The number of carbonyl (C=O) groups is 3. The number of hydrogen-bond acceptors (Lipinski definition) is 6. The van der Waals surface area contributed by atoms with E-state index in [-0.39, 0.29) is 31.8 Å². The van der Waals surface area contributed by atoms with Gasteiger partial charge in [0, 0.05) is 40.0 Å². The first-order chi connectivity index (χ1) is 10.1. The summed E-state index contributed by atoms with van der Waals surface area (Å²) in [7, 11) is 4.38. The summed E-state index contributed by atoms with van der Waals surface area (Å²) in [6, 6.07) is 0. The first kappa shape index (κ1) is 20.2. The highest BCUT2D eigenvalue weighted by Crippen LogP contribution is 2.14. The fraction of sp³-hybridized carbons (Fsp3) is 0.786. The average Bonchev–Trinajstić information content (AvgIpc) is 2.41. The number of aliphatic hydroxyl groups is 1. The van der Waals surface area contributed by atoms with Gasteiger partial charge in [-0.2, -0.15) is 0 Å². The fourth-order valence-electron chi connectivity index (χ4n) is 1.73. The van der Waals surface area contributed by atoms with Crippen LogP contribution in [-0.2, 0) is 14.3 Å². The predicted octanol–water partition coefficient (Wildman–Crippen LogP) is 0.873. The lowest BCUT2D eigenvalue weighted by Gasteiger charge is -2.23. The monoisotopic (exact) mass is 318 g/mol. The van der Waals surface area contributed by atoms with E-state index in [1.807, 2.05) is 0 Å². The molecule has 0 radical (unpaired) electrons. The number of ether oxygens (including phenoxy) is 2. The Hall–Kier alpha value is -1.83. The Kier molecular flexibility index (Phi) is 8.47. The molecular weight excluding hydrogens is 292 g/mol. The van der Waals surface area contributed by atoms with Gasteiger partial charge in [0.15, 0.2) is 0 Å². The van der Waals surface area contributed by atoms with Crippen LogP contribution in [0.25, 0.3) is 0 Å². The van der Waals surface area contributed by atoms with Crippen molar-refractivity contribution in [3.8, 4) is 0 Å². The van der Waals surface area contributed by atoms with E-state index < -0.39 is 17.8 Å². The maximum Gasteiger partial charge on any atom is 0.409 e. The minimum absolute atomic E-state index is 0.0102. The maximum atomic E-state index is 11.7. The van der Waals surface area contributed by atoms with Crippen molar-refractivity contribution in [3.63, 3.8) is 0 Å². The molecule has 2 amide bonds. The Bertz CT molecular complexity index is 397. The minimum Gasteiger partial charge on any atom is -0.453 e. The van der Waals surface area contributed by atoms with Gasteiger partial charge in [0.1, 0.15) is 5.78 Å². The van der Waals surface area contributed by atoms with Gasteiger partial charge in [0.25, 0.3) is 0 Å². The van der Waals surface area contributed by atoms with Crippen molar-refractivity contribution in [2.75, 3.05) is 40.9 Å². The second kappa shape index (κ2) is 9.24. The molecule has 0 heterocycles. The molecule has 8 nitrogen and oxygen atoms in total. The summed E-state index contributed by atoms with van der Waals surface area (Å²) < 4.78 is 9.56. The summed E-state index contributed by atoms with van der Waals surface area (Å²) in [6.45, 7) is 3.52. The number of nitrogens with zero attached hydrogens (tertiary/aromatic N) is 2. The van der Waals surface area contributed by atoms with E-state index in [4.69, 9.17) is 4.74 Å². The van der Waals surface area contributed by atoms with Crippen LogP contribution in [0, 0.1) is 0 Å². The molecule has 0 aliphatic carbocycles. The van der Waals surface area contributed by atoms with E-state index >= 15 is 0 Å². The lowest BCUT2D eigenvalue weighted by Crippen LogP contribution is -2.38. The van der Waals surface area contributed by atoms with Crippen LogP contribution in [0.2, 0.25) is 0 Å². The van der Waals surface area contributed by atoms with Crippen molar-refractivity contribution in [3.05, 3.63) is 0 Å². The summed E-state index contributed by atoms with van der Waals surface area (Å²) in [5.41, 5.74) is -1.18. The highest BCUT2D eigenvalue weighted by Gasteiger charge is 2.23. The minimum atomic E-state index is -1.18. The molecule has 1 N–H and O–H groups in total. The number of rotatable bonds is 8. The van der Waals surface area contributed by atoms with Gasteiger partial charge >= 0.3 is 12.2 Å². The normalized spacial score (nSPS) is 13.0. The number of likely N-dealkylation sites (N-methyl/N-ethyl adjacent to an activating group) is 2. The number of carbonyl (C=O) groups excluding carboxylic acids is 3. The van der Waals surface area contributed by atoms with Crippen LogP contribution >= 0.6 is 0 Å². The number of hydrogen-bond donors (Lipinski definition) is 1. The molecule has 8 heteroatoms. The lowest BCUT2D eigenvalue weighted by atomic mass is 9.97. The fourth-order valence-corrected chi connectivity index (χ4v) is 1.73. The van der Waals surface area contributed by atoms with Gasteiger partial charge < -0.3 is 24.4 Å². The zero-order chi connectivity index (χ0) is 17.3. The number of methoxy groups -OCH3 is 1. The zero-order valence-electron chi connectivity index (χ0n) is 13.9. The Morgan fingerprint density at radius 3 is 2.05 bits per heavy atom. The van der Waals surface area contributed by atoms with E-state index in [0.717, 1.165) is 0 Å². The third-order valence-corrected chi connectivity index (χ3v) is 3.06. The molecule has 0 aromatic heterocycles. The number of Topliss-reactive ketones (excluding diaryl/α,β-unsaturated/α-hetero) is 1. The molecule has 128 valence electrons. The number of amides is 2. The summed E-state index contributed by atoms with van der Waals surface area (Å²) >= 11 is 0. The zero-order valence-corrected chi connectivity index (χ0v) is 13.9. The standard InChI is InChI=1S/C14H26N2O6/c1-11(17)10-14(2,20)6-9-22-13(19)16(4)8-7-15(3)12(18)21-5/h20H,6-10H2,1-5H3. The van der Waals surface area contributed by atoms with Crippen molar-refractivity contribution in [1.82, 2.24) is 9.80 Å². The van der Waals surface area contributed by atoms with Crippen LogP contribution in [0.4, 0.5) is 9.59 Å². The first-order valence-corrected chi connectivity index (χ1v) is 6.98. The Morgan fingerprint density at radius 1 is 1.09 bits per heavy atom. The van der Waals surface area contributed by atoms with Crippen molar-refractivity contribution < 1.29 is 29.0 Å². The summed E-state index contributed by atoms with van der Waals surface area (Å²) in [5, 5.41) is 9.92. The molecule has 22 heavy (non-hydrogen) atoms. The SMILES string of the molecule is COC(=O)N(C)CCN(C)C(=O)OCCC(C)(O)CC(C)=O. The quantitative estimate of drug-likeness (QED) is 0.713. The highest BCUT2D eigenvalue weighted by molar-refractivity contribution is 5.76. The van der Waals surface area contributed by atoms with Gasteiger partial charge in [-0.25, -0.2) is 9.59 Å². The summed E-state index contributed by atoms with van der Waals surface area (Å²) in [5.74, 6) is -0.126. The van der Waals surface area contributed by atoms with Gasteiger partial charge in [0.2, 0.25) is 0 Å². The molecule has 1 atom stereocenters. The molecule has 0 aromatic carbocycles. The van der Waals surface area contributed by atoms with Gasteiger partial charge in [-0.1, -0.05) is 0 Å². The summed E-state index contributed by atoms with van der Waals surface area (Å²) in [6.07, 6.45) is -0.850. The molecular formula is C14H26N2O6. The van der Waals surface area contributed by atoms with E-state index in [0.29, 0.717) is 6.54 Å². The van der Waals surface area contributed by atoms with Gasteiger partial charge in [0.05, 0.1) is 19.3 Å². The van der Waals surface area contributed by atoms with Crippen molar-refractivity contribution >= 4 is 18.0 Å². The topological polar surface area (TPSA) is 96.4 Å². The molecule has 0 aliphatic heterocycles. The van der Waals surface area contributed by atoms with E-state index in [9.17, 15) is 19.5 Å². The molecule has 0 fully saturated rings. The third kappa shape index (κ3) is 8.46. The summed E-state index contributed by atoms with van der Waals surface area (Å²) in [4.78, 5) is 36.5. The van der Waals surface area contributed by atoms with Gasteiger partial charge in [-0.3, -0.25) is 4.79 Å². The van der Waals surface area contributed by atoms with Crippen molar-refractivity contribution in [2.24, 2.45) is 0 Å². The molecule has 0 aromatic rings. The second-order valence-corrected chi connectivity index (χ2v) is 5.55. The molecule has 0 saturated heterocycles. The Morgan fingerprint density at radius 2 is 1.59 bits per heavy atom. The molecule has 0 bridgehead atoms. The molecule has 0 saturated carbocycles. The van der Waals surface area contributed by atoms with E-state index in [1.165, 1.54) is 30.8 Å². The molecule has 1 unspecified atom stereocenters. The third-order valence-electron chi connectivity index (χ3n) is 3.06. The molecule has 0 rings (SSSR count). The van der Waals surface area contributed by atoms with Crippen LogP contribution in [-0.4, -0.2) is 79.4 Å². The first-order valence-electron chi connectivity index (χ1n) is 6.98. The average molecular weight is 318 g/mol. The van der Waals surface area contributed by atoms with Crippen LogP contribution in [0.1, 0.15) is 26.7 Å². The van der Waals surface area contributed by atoms with Crippen molar-refractivity contribution in [1.29, 1.82) is 0 Å². The Labute approximate surface area is 131 Å². The number of ketones is 1. The van der Waals surface area contributed by atoms with E-state index in [2.05, 4.69) is 4.74 Å². The van der Waals surface area contributed by atoms with Crippen molar-refractivity contribution in [2.45, 2.75) is 32.3 Å². The smallest absolute Gasteiger partial charge is 0.409 e. The molecule has 0 aliphatic rings. The largest absolute Gasteiger partial charge is 0.453 e. The van der Waals surface area contributed by atoms with Gasteiger partial charge in [-0.15, -0.1) is 0 Å². The van der Waals surface area contributed by atoms with Crippen LogP contribution in [0.15, 0.2) is 0 Å². The second-order valence-electron chi connectivity index (χ2n) is 5.55. The van der Waals surface area contributed by atoms with Crippen LogP contribution in [0.3, 0.4) is 0 Å². The van der Waals surface area contributed by atoms with Gasteiger partial charge in [-0.05, 0) is 13.8 Å². The molecule has 0 spiro atoms. The maximum absolute atomic E-state index is 11.7. The van der Waals surface area contributed by atoms with E-state index in [1.54, 1.807) is 14.1 Å². The highest BCUT2D eigenvalue weighted by atomic mass is 16.6. The predicted molar refractivity (Wildman–Crippen MR) is 79.6 cm³/mol. The lowest BCUT2D eigenvalue weighted by molar-refractivity contribution is -0.121. The van der Waals surface area contributed by atoms with Crippen LogP contribution < -0.4 is 0 Å².